The minimum Gasteiger partial charge on any atom is -0.497 e. The van der Waals surface area contributed by atoms with Gasteiger partial charge in [0, 0.05) is 12.6 Å². The lowest BCUT2D eigenvalue weighted by Crippen LogP contribution is -2.69. The molecule has 1 atom stereocenters. The van der Waals surface area contributed by atoms with E-state index in [-0.39, 0.29) is 11.6 Å². The molecule has 0 radical (unpaired) electrons. The zero-order valence-electron chi connectivity index (χ0n) is 15.1. The summed E-state index contributed by atoms with van der Waals surface area (Å²) in [6.45, 7) is 0.862. The number of likely N-dealkylation sites (N-methyl/N-ethyl adjacent to an activating group) is 1. The Hall–Kier alpha value is -2.78. The molecule has 1 unspecified atom stereocenters. The van der Waals surface area contributed by atoms with E-state index in [1.54, 1.807) is 7.11 Å². The highest BCUT2D eigenvalue weighted by Crippen LogP contribution is 2.47. The summed E-state index contributed by atoms with van der Waals surface area (Å²) in [6.07, 6.45) is 0.0180. The van der Waals surface area contributed by atoms with Crippen molar-refractivity contribution in [3.05, 3.63) is 96.1 Å². The minimum atomic E-state index is -0.300. The van der Waals surface area contributed by atoms with E-state index < -0.39 is 0 Å². The molecular weight excluding hydrogens is 322 g/mol. The molecule has 3 aromatic carbocycles. The van der Waals surface area contributed by atoms with Gasteiger partial charge >= 0.3 is 0 Å². The third-order valence-corrected chi connectivity index (χ3v) is 5.26. The second kappa shape index (κ2) is 6.85. The van der Waals surface area contributed by atoms with Crippen LogP contribution in [-0.2, 0) is 5.54 Å². The zero-order chi connectivity index (χ0) is 18.0. The van der Waals surface area contributed by atoms with Crippen LogP contribution in [0, 0.1) is 0 Å². The molecule has 1 fully saturated rings. The van der Waals surface area contributed by atoms with Gasteiger partial charge in [0.15, 0.2) is 0 Å². The SMILES string of the molecule is COc1cccc(OC2CN(C)C2(c2ccccc2)c2ccccc2)c1. The van der Waals surface area contributed by atoms with Gasteiger partial charge in [0.1, 0.15) is 23.1 Å². The van der Waals surface area contributed by atoms with Crippen LogP contribution in [0.1, 0.15) is 11.1 Å². The maximum atomic E-state index is 6.47. The number of hydrogen-bond donors (Lipinski definition) is 0. The van der Waals surface area contributed by atoms with E-state index in [9.17, 15) is 0 Å². The van der Waals surface area contributed by atoms with E-state index in [0.29, 0.717) is 0 Å². The number of ether oxygens (including phenoxy) is 2. The van der Waals surface area contributed by atoms with Crippen molar-refractivity contribution in [3.63, 3.8) is 0 Å². The molecule has 0 saturated carbocycles. The average molecular weight is 345 g/mol. The minimum absolute atomic E-state index is 0.0180. The molecule has 3 nitrogen and oxygen atoms in total. The zero-order valence-corrected chi connectivity index (χ0v) is 15.1. The predicted octanol–water partition coefficient (Wildman–Crippen LogP) is 4.33. The molecule has 0 aromatic heterocycles. The number of likely N-dealkylation sites (tertiary alicyclic amines) is 1. The van der Waals surface area contributed by atoms with Crippen molar-refractivity contribution in [1.82, 2.24) is 4.90 Å². The number of methoxy groups -OCH3 is 1. The van der Waals surface area contributed by atoms with Crippen LogP contribution in [0.2, 0.25) is 0 Å². The second-order valence-electron chi connectivity index (χ2n) is 6.66. The van der Waals surface area contributed by atoms with E-state index in [4.69, 9.17) is 9.47 Å². The maximum absolute atomic E-state index is 6.47. The van der Waals surface area contributed by atoms with Crippen LogP contribution in [0.3, 0.4) is 0 Å². The first kappa shape index (κ1) is 16.7. The summed E-state index contributed by atoms with van der Waals surface area (Å²) in [7, 11) is 3.83. The first-order chi connectivity index (χ1) is 12.7. The Bertz CT molecular complexity index is 824. The summed E-state index contributed by atoms with van der Waals surface area (Å²) in [5.74, 6) is 1.64. The summed E-state index contributed by atoms with van der Waals surface area (Å²) < 4.78 is 11.8. The highest BCUT2D eigenvalue weighted by molar-refractivity contribution is 5.44. The second-order valence-corrected chi connectivity index (χ2v) is 6.66. The van der Waals surface area contributed by atoms with Crippen LogP contribution in [-0.4, -0.2) is 31.7 Å². The third-order valence-electron chi connectivity index (χ3n) is 5.26. The van der Waals surface area contributed by atoms with Gasteiger partial charge in [-0.15, -0.1) is 0 Å². The lowest BCUT2D eigenvalue weighted by atomic mass is 9.71. The molecule has 132 valence electrons. The molecule has 26 heavy (non-hydrogen) atoms. The molecule has 3 aromatic rings. The van der Waals surface area contributed by atoms with Gasteiger partial charge in [0.25, 0.3) is 0 Å². The average Bonchev–Trinajstić information content (AvgIpc) is 2.70. The Kier molecular flexibility index (Phi) is 4.39. The van der Waals surface area contributed by atoms with Crippen molar-refractivity contribution in [2.24, 2.45) is 0 Å². The molecule has 1 aliphatic heterocycles. The van der Waals surface area contributed by atoms with Crippen molar-refractivity contribution in [2.45, 2.75) is 11.6 Å². The summed E-state index contributed by atoms with van der Waals surface area (Å²) in [5, 5.41) is 0. The molecule has 3 heteroatoms. The molecule has 0 N–H and O–H groups in total. The number of rotatable bonds is 5. The summed E-state index contributed by atoms with van der Waals surface area (Å²) in [6, 6.07) is 29.0. The Morgan fingerprint density at radius 2 is 1.38 bits per heavy atom. The monoisotopic (exact) mass is 345 g/mol. The molecule has 0 spiro atoms. The van der Waals surface area contributed by atoms with Crippen molar-refractivity contribution in [2.75, 3.05) is 20.7 Å². The topological polar surface area (TPSA) is 21.7 Å². The molecule has 1 aliphatic rings. The van der Waals surface area contributed by atoms with Crippen molar-refractivity contribution < 1.29 is 9.47 Å². The van der Waals surface area contributed by atoms with Crippen LogP contribution in [0.25, 0.3) is 0 Å². The highest BCUT2D eigenvalue weighted by Gasteiger charge is 2.55. The van der Waals surface area contributed by atoms with Gasteiger partial charge in [-0.1, -0.05) is 66.7 Å². The van der Waals surface area contributed by atoms with Crippen LogP contribution in [0.15, 0.2) is 84.9 Å². The quantitative estimate of drug-likeness (QED) is 0.687. The fraction of sp³-hybridized carbons (Fsp3) is 0.217. The molecule has 1 heterocycles. The van der Waals surface area contributed by atoms with Gasteiger partial charge in [0.2, 0.25) is 0 Å². The molecule has 0 bridgehead atoms. The highest BCUT2D eigenvalue weighted by atomic mass is 16.5. The van der Waals surface area contributed by atoms with Crippen molar-refractivity contribution >= 4 is 0 Å². The number of hydrogen-bond acceptors (Lipinski definition) is 3. The fourth-order valence-corrected chi connectivity index (χ4v) is 3.98. The third kappa shape index (κ3) is 2.65. The molecule has 0 amide bonds. The summed E-state index contributed by atoms with van der Waals surface area (Å²) in [4.78, 5) is 2.36. The van der Waals surface area contributed by atoms with Gasteiger partial charge in [-0.05, 0) is 30.3 Å². The normalized spacial score (nSPS) is 18.8. The van der Waals surface area contributed by atoms with Crippen LogP contribution in [0.4, 0.5) is 0 Å². The van der Waals surface area contributed by atoms with Gasteiger partial charge in [-0.2, -0.15) is 0 Å². The standard InChI is InChI=1S/C23H23NO2/c1-24-17-22(26-21-15-9-14-20(16-21)25-2)23(24,18-10-5-3-6-11-18)19-12-7-4-8-13-19/h3-16,22H,17H2,1-2H3. The van der Waals surface area contributed by atoms with Gasteiger partial charge < -0.3 is 9.47 Å². The Balaban J connectivity index is 1.77. The predicted molar refractivity (Wildman–Crippen MR) is 104 cm³/mol. The van der Waals surface area contributed by atoms with Crippen LogP contribution in [0.5, 0.6) is 11.5 Å². The van der Waals surface area contributed by atoms with E-state index in [2.05, 4.69) is 72.6 Å². The van der Waals surface area contributed by atoms with E-state index in [1.807, 2.05) is 24.3 Å². The van der Waals surface area contributed by atoms with E-state index in [1.165, 1.54) is 11.1 Å². The largest absolute Gasteiger partial charge is 0.497 e. The molecular formula is C23H23NO2. The Morgan fingerprint density at radius 3 is 1.92 bits per heavy atom. The molecule has 1 saturated heterocycles. The summed E-state index contributed by atoms with van der Waals surface area (Å²) >= 11 is 0. The first-order valence-corrected chi connectivity index (χ1v) is 8.88. The van der Waals surface area contributed by atoms with Crippen molar-refractivity contribution in [1.29, 1.82) is 0 Å². The van der Waals surface area contributed by atoms with Crippen LogP contribution < -0.4 is 9.47 Å². The molecule has 4 rings (SSSR count). The lowest BCUT2D eigenvalue weighted by Gasteiger charge is -2.57. The van der Waals surface area contributed by atoms with E-state index in [0.717, 1.165) is 18.0 Å². The maximum Gasteiger partial charge on any atom is 0.138 e. The van der Waals surface area contributed by atoms with Gasteiger partial charge in [0.05, 0.1) is 7.11 Å². The van der Waals surface area contributed by atoms with E-state index >= 15 is 0 Å². The number of benzene rings is 3. The van der Waals surface area contributed by atoms with Gasteiger partial charge in [-0.3, -0.25) is 4.90 Å². The Morgan fingerprint density at radius 1 is 0.808 bits per heavy atom. The first-order valence-electron chi connectivity index (χ1n) is 8.88. The van der Waals surface area contributed by atoms with Crippen molar-refractivity contribution in [3.8, 4) is 11.5 Å². The number of nitrogens with zero attached hydrogens (tertiary/aromatic N) is 1. The molecule has 0 aliphatic carbocycles. The Labute approximate surface area is 154 Å². The smallest absolute Gasteiger partial charge is 0.138 e. The van der Waals surface area contributed by atoms with Crippen LogP contribution >= 0.6 is 0 Å². The lowest BCUT2D eigenvalue weighted by molar-refractivity contribution is -0.0884. The fourth-order valence-electron chi connectivity index (χ4n) is 3.98. The summed E-state index contributed by atoms with van der Waals surface area (Å²) in [5.41, 5.74) is 2.19. The van der Waals surface area contributed by atoms with Gasteiger partial charge in [-0.25, -0.2) is 0 Å².